The van der Waals surface area contributed by atoms with Crippen LogP contribution >= 0.6 is 0 Å². The molecule has 64 valence electrons. The normalized spacial score (nSPS) is 9.50. The summed E-state index contributed by atoms with van der Waals surface area (Å²) in [6.07, 6.45) is 2.84. The standard InChI is InChI=1S/C7H8N2O3/c1-9-4-3-8-5(6(9)10)7(11)12-2/h3-4H,1-2H3. The van der Waals surface area contributed by atoms with Crippen LogP contribution in [0.15, 0.2) is 17.2 Å². The van der Waals surface area contributed by atoms with Gasteiger partial charge in [0, 0.05) is 19.4 Å². The second-order valence-electron chi connectivity index (χ2n) is 2.18. The lowest BCUT2D eigenvalue weighted by Crippen LogP contribution is -2.25. The molecular weight excluding hydrogens is 160 g/mol. The second kappa shape index (κ2) is 3.17. The fourth-order valence-corrected chi connectivity index (χ4v) is 0.735. The van der Waals surface area contributed by atoms with Gasteiger partial charge in [0.1, 0.15) is 0 Å². The zero-order valence-electron chi connectivity index (χ0n) is 6.77. The summed E-state index contributed by atoms with van der Waals surface area (Å²) in [6, 6.07) is 0. The number of aromatic nitrogens is 2. The maximum absolute atomic E-state index is 11.2. The van der Waals surface area contributed by atoms with Crippen LogP contribution in [0.5, 0.6) is 0 Å². The number of aryl methyl sites for hydroxylation is 1. The van der Waals surface area contributed by atoms with Crippen LogP contribution in [0.25, 0.3) is 0 Å². The highest BCUT2D eigenvalue weighted by molar-refractivity contribution is 5.86. The van der Waals surface area contributed by atoms with Crippen molar-refractivity contribution in [3.05, 3.63) is 28.4 Å². The van der Waals surface area contributed by atoms with Crippen LogP contribution in [-0.4, -0.2) is 22.6 Å². The highest BCUT2D eigenvalue weighted by atomic mass is 16.5. The molecule has 0 saturated heterocycles. The van der Waals surface area contributed by atoms with Gasteiger partial charge in [-0.05, 0) is 0 Å². The van der Waals surface area contributed by atoms with Crippen LogP contribution in [0.1, 0.15) is 10.5 Å². The largest absolute Gasteiger partial charge is 0.464 e. The molecule has 12 heavy (non-hydrogen) atoms. The van der Waals surface area contributed by atoms with Crippen molar-refractivity contribution in [2.45, 2.75) is 0 Å². The topological polar surface area (TPSA) is 61.2 Å². The number of hydrogen-bond acceptors (Lipinski definition) is 4. The van der Waals surface area contributed by atoms with Gasteiger partial charge in [0.15, 0.2) is 0 Å². The van der Waals surface area contributed by atoms with E-state index in [0.717, 1.165) is 0 Å². The molecule has 0 aliphatic heterocycles. The zero-order valence-corrected chi connectivity index (χ0v) is 6.77. The molecule has 5 nitrogen and oxygen atoms in total. The second-order valence-corrected chi connectivity index (χ2v) is 2.18. The lowest BCUT2D eigenvalue weighted by molar-refractivity contribution is 0.0591. The Kier molecular flexibility index (Phi) is 2.23. The molecule has 0 aliphatic carbocycles. The fraction of sp³-hybridized carbons (Fsp3) is 0.286. The monoisotopic (exact) mass is 168 g/mol. The summed E-state index contributed by atoms with van der Waals surface area (Å²) in [5, 5.41) is 0. The van der Waals surface area contributed by atoms with E-state index in [0.29, 0.717) is 0 Å². The summed E-state index contributed by atoms with van der Waals surface area (Å²) in [4.78, 5) is 25.7. The van der Waals surface area contributed by atoms with Gasteiger partial charge in [0.25, 0.3) is 5.56 Å². The molecule has 0 N–H and O–H groups in total. The van der Waals surface area contributed by atoms with E-state index in [2.05, 4.69) is 9.72 Å². The van der Waals surface area contributed by atoms with E-state index in [1.807, 2.05) is 0 Å². The summed E-state index contributed by atoms with van der Waals surface area (Å²) < 4.78 is 5.62. The van der Waals surface area contributed by atoms with E-state index >= 15 is 0 Å². The Balaban J connectivity index is 3.26. The average Bonchev–Trinajstić information content (AvgIpc) is 2.08. The molecule has 5 heteroatoms. The van der Waals surface area contributed by atoms with Gasteiger partial charge in [0.05, 0.1) is 7.11 Å². The predicted octanol–water partition coefficient (Wildman–Crippen LogP) is -0.433. The van der Waals surface area contributed by atoms with Crippen LogP contribution in [0.3, 0.4) is 0 Å². The fourth-order valence-electron chi connectivity index (χ4n) is 0.735. The van der Waals surface area contributed by atoms with Crippen molar-refractivity contribution in [1.82, 2.24) is 9.55 Å². The van der Waals surface area contributed by atoms with Crippen LogP contribution in [0, 0.1) is 0 Å². The highest BCUT2D eigenvalue weighted by Crippen LogP contribution is 1.87. The summed E-state index contributed by atoms with van der Waals surface area (Å²) in [5.41, 5.74) is -0.646. The number of methoxy groups -OCH3 is 1. The van der Waals surface area contributed by atoms with Gasteiger partial charge in [-0.2, -0.15) is 0 Å². The van der Waals surface area contributed by atoms with E-state index < -0.39 is 11.5 Å². The molecule has 1 rings (SSSR count). The number of carbonyl (C=O) groups excluding carboxylic acids is 1. The maximum Gasteiger partial charge on any atom is 0.362 e. The minimum atomic E-state index is -0.712. The van der Waals surface area contributed by atoms with E-state index in [1.54, 1.807) is 0 Å². The number of rotatable bonds is 1. The molecule has 0 unspecified atom stereocenters. The molecule has 0 atom stereocenters. The number of nitrogens with zero attached hydrogens (tertiary/aromatic N) is 2. The van der Waals surface area contributed by atoms with Crippen LogP contribution < -0.4 is 5.56 Å². The van der Waals surface area contributed by atoms with Gasteiger partial charge in [-0.3, -0.25) is 4.79 Å². The Morgan fingerprint density at radius 1 is 1.67 bits per heavy atom. The van der Waals surface area contributed by atoms with Crippen molar-refractivity contribution in [3.8, 4) is 0 Å². The smallest absolute Gasteiger partial charge is 0.362 e. The third kappa shape index (κ3) is 1.34. The van der Waals surface area contributed by atoms with Gasteiger partial charge < -0.3 is 9.30 Å². The summed E-state index contributed by atoms with van der Waals surface area (Å²) in [6.45, 7) is 0. The molecule has 0 spiro atoms. The Morgan fingerprint density at radius 2 is 2.33 bits per heavy atom. The minimum Gasteiger partial charge on any atom is -0.464 e. The summed E-state index contributed by atoms with van der Waals surface area (Å²) in [7, 11) is 2.74. The van der Waals surface area contributed by atoms with Gasteiger partial charge >= 0.3 is 5.97 Å². The first-order valence-electron chi connectivity index (χ1n) is 3.26. The van der Waals surface area contributed by atoms with E-state index in [4.69, 9.17) is 0 Å². The molecule has 1 aromatic heterocycles. The lowest BCUT2D eigenvalue weighted by Gasteiger charge is -1.98. The maximum atomic E-state index is 11.2. The van der Waals surface area contributed by atoms with E-state index in [1.165, 1.54) is 31.1 Å². The summed E-state index contributed by atoms with van der Waals surface area (Å²) >= 11 is 0. The highest BCUT2D eigenvalue weighted by Gasteiger charge is 2.12. The van der Waals surface area contributed by atoms with Crippen LogP contribution in [-0.2, 0) is 11.8 Å². The van der Waals surface area contributed by atoms with Crippen molar-refractivity contribution in [2.24, 2.45) is 7.05 Å². The third-order valence-electron chi connectivity index (χ3n) is 1.40. The van der Waals surface area contributed by atoms with Gasteiger partial charge in [-0.1, -0.05) is 0 Å². The SMILES string of the molecule is COC(=O)c1nccn(C)c1=O. The molecule has 0 radical (unpaired) electrons. The predicted molar refractivity (Wildman–Crippen MR) is 40.8 cm³/mol. The Morgan fingerprint density at radius 3 is 2.92 bits per heavy atom. The van der Waals surface area contributed by atoms with Crippen molar-refractivity contribution in [2.75, 3.05) is 7.11 Å². The Bertz CT molecular complexity index is 356. The first-order valence-corrected chi connectivity index (χ1v) is 3.26. The van der Waals surface area contributed by atoms with E-state index in [9.17, 15) is 9.59 Å². The number of carbonyl (C=O) groups is 1. The lowest BCUT2D eigenvalue weighted by atomic mass is 10.4. The summed E-state index contributed by atoms with van der Waals surface area (Å²) in [5.74, 6) is -0.712. The minimum absolute atomic E-state index is 0.192. The number of esters is 1. The molecular formula is C7H8N2O3. The zero-order chi connectivity index (χ0) is 9.14. The molecule has 0 fully saturated rings. The molecule has 0 saturated carbocycles. The molecule has 0 aliphatic rings. The first-order chi connectivity index (χ1) is 5.66. The molecule has 1 aromatic rings. The molecule has 0 bridgehead atoms. The average molecular weight is 168 g/mol. The number of hydrogen-bond donors (Lipinski definition) is 0. The van der Waals surface area contributed by atoms with Gasteiger partial charge in [-0.15, -0.1) is 0 Å². The number of ether oxygens (including phenoxy) is 1. The van der Waals surface area contributed by atoms with Crippen LogP contribution in [0.2, 0.25) is 0 Å². The van der Waals surface area contributed by atoms with Crippen LogP contribution in [0.4, 0.5) is 0 Å². The van der Waals surface area contributed by atoms with Gasteiger partial charge in [0.2, 0.25) is 5.69 Å². The molecule has 0 aromatic carbocycles. The van der Waals surface area contributed by atoms with Gasteiger partial charge in [-0.25, -0.2) is 9.78 Å². The Labute approximate surface area is 68.6 Å². The quantitative estimate of drug-likeness (QED) is 0.534. The first kappa shape index (κ1) is 8.45. The molecule has 0 amide bonds. The van der Waals surface area contributed by atoms with Crippen molar-refractivity contribution < 1.29 is 9.53 Å². The Hall–Kier alpha value is -1.65. The van der Waals surface area contributed by atoms with Crippen molar-refractivity contribution in [3.63, 3.8) is 0 Å². The molecule has 1 heterocycles. The van der Waals surface area contributed by atoms with Crippen molar-refractivity contribution >= 4 is 5.97 Å². The third-order valence-corrected chi connectivity index (χ3v) is 1.40. The van der Waals surface area contributed by atoms with E-state index in [-0.39, 0.29) is 5.69 Å². The van der Waals surface area contributed by atoms with Crippen molar-refractivity contribution in [1.29, 1.82) is 0 Å².